The van der Waals surface area contributed by atoms with E-state index in [0.717, 1.165) is 38.2 Å². The van der Waals surface area contributed by atoms with Crippen LogP contribution < -0.4 is 0 Å². The van der Waals surface area contributed by atoms with Crippen LogP contribution in [0.3, 0.4) is 0 Å². The molecule has 24 heavy (non-hydrogen) atoms. The van der Waals surface area contributed by atoms with Crippen LogP contribution in [0.5, 0.6) is 0 Å². The van der Waals surface area contributed by atoms with Crippen LogP contribution in [0, 0.1) is 5.41 Å². The van der Waals surface area contributed by atoms with Crippen molar-refractivity contribution in [3.05, 3.63) is 30.4 Å². The Morgan fingerprint density at radius 2 is 2.29 bits per heavy atom. The summed E-state index contributed by atoms with van der Waals surface area (Å²) in [5.41, 5.74) is 0.979. The summed E-state index contributed by atoms with van der Waals surface area (Å²) in [6.07, 6.45) is 6.56. The molecule has 0 bridgehead atoms. The molecule has 7 heteroatoms. The third-order valence-corrected chi connectivity index (χ3v) is 4.92. The molecule has 0 aromatic carbocycles. The van der Waals surface area contributed by atoms with Crippen LogP contribution in [0.15, 0.2) is 29.0 Å². The Labute approximate surface area is 140 Å². The third kappa shape index (κ3) is 3.03. The van der Waals surface area contributed by atoms with Gasteiger partial charge in [0.15, 0.2) is 0 Å². The van der Waals surface area contributed by atoms with E-state index in [1.807, 2.05) is 17.0 Å². The fourth-order valence-electron chi connectivity index (χ4n) is 3.48. The predicted molar refractivity (Wildman–Crippen MR) is 84.9 cm³/mol. The molecule has 2 aromatic rings. The van der Waals surface area contributed by atoms with E-state index < -0.39 is 0 Å². The Hall–Kier alpha value is -2.28. The number of hydrogen-bond donors (Lipinski definition) is 0. The fourth-order valence-corrected chi connectivity index (χ4v) is 3.48. The maximum Gasteiger partial charge on any atom is 0.228 e. The lowest BCUT2D eigenvalue weighted by molar-refractivity contribution is -0.137. The number of aromatic nitrogens is 3. The van der Waals surface area contributed by atoms with E-state index in [2.05, 4.69) is 15.1 Å². The van der Waals surface area contributed by atoms with Gasteiger partial charge in [0.25, 0.3) is 0 Å². The van der Waals surface area contributed by atoms with E-state index in [9.17, 15) is 4.79 Å². The number of amides is 1. The highest BCUT2D eigenvalue weighted by atomic mass is 16.5. The number of piperidine rings is 1. The van der Waals surface area contributed by atoms with Crippen molar-refractivity contribution >= 4 is 5.91 Å². The van der Waals surface area contributed by atoms with Crippen molar-refractivity contribution < 1.29 is 14.1 Å². The van der Waals surface area contributed by atoms with Crippen LogP contribution in [0.1, 0.15) is 25.2 Å². The molecule has 2 aliphatic rings. The standard InChI is InChI=1S/C17H20N4O3/c22-15-3-5-17(6-9-23-12-17)11-21(15)8-4-14-19-16(20-24-14)13-2-1-7-18-10-13/h1-2,7,10H,3-6,8-9,11-12H2/t17-/m1/s1. The van der Waals surface area contributed by atoms with E-state index in [4.69, 9.17) is 9.26 Å². The summed E-state index contributed by atoms with van der Waals surface area (Å²) in [7, 11) is 0. The molecule has 126 valence electrons. The van der Waals surface area contributed by atoms with Crippen molar-refractivity contribution in [2.45, 2.75) is 25.7 Å². The average molecular weight is 328 g/mol. The monoisotopic (exact) mass is 328 g/mol. The molecular weight excluding hydrogens is 308 g/mol. The second kappa shape index (κ2) is 6.32. The minimum Gasteiger partial charge on any atom is -0.381 e. The summed E-state index contributed by atoms with van der Waals surface area (Å²) in [5.74, 6) is 1.28. The van der Waals surface area contributed by atoms with E-state index in [0.29, 0.717) is 31.1 Å². The molecule has 2 aromatic heterocycles. The number of carbonyl (C=O) groups excluding carboxylic acids is 1. The summed E-state index contributed by atoms with van der Waals surface area (Å²) >= 11 is 0. The maximum absolute atomic E-state index is 12.2. The fraction of sp³-hybridized carbons (Fsp3) is 0.529. The molecule has 2 aliphatic heterocycles. The smallest absolute Gasteiger partial charge is 0.228 e. The van der Waals surface area contributed by atoms with Gasteiger partial charge >= 0.3 is 0 Å². The molecule has 1 spiro atoms. The molecule has 0 N–H and O–H groups in total. The Morgan fingerprint density at radius 1 is 1.33 bits per heavy atom. The normalized spacial score (nSPS) is 24.0. The minimum atomic E-state index is 0.156. The number of rotatable bonds is 4. The van der Waals surface area contributed by atoms with Crippen molar-refractivity contribution in [3.63, 3.8) is 0 Å². The molecule has 4 heterocycles. The number of carbonyl (C=O) groups is 1. The first-order valence-electron chi connectivity index (χ1n) is 8.33. The van der Waals surface area contributed by atoms with Crippen molar-refractivity contribution in [3.8, 4) is 11.4 Å². The van der Waals surface area contributed by atoms with E-state index in [1.54, 1.807) is 12.4 Å². The second-order valence-corrected chi connectivity index (χ2v) is 6.62. The molecule has 4 rings (SSSR count). The number of nitrogens with zero attached hydrogens (tertiary/aromatic N) is 4. The van der Waals surface area contributed by atoms with Crippen LogP contribution in [-0.2, 0) is 16.0 Å². The van der Waals surface area contributed by atoms with Gasteiger partial charge in [0.1, 0.15) is 0 Å². The van der Waals surface area contributed by atoms with Gasteiger partial charge in [-0.05, 0) is 25.0 Å². The highest BCUT2D eigenvalue weighted by Gasteiger charge is 2.41. The van der Waals surface area contributed by atoms with E-state index in [1.165, 1.54) is 0 Å². The Morgan fingerprint density at radius 3 is 3.08 bits per heavy atom. The quantitative estimate of drug-likeness (QED) is 0.850. The first-order chi connectivity index (χ1) is 11.7. The van der Waals surface area contributed by atoms with E-state index >= 15 is 0 Å². The highest BCUT2D eigenvalue weighted by molar-refractivity contribution is 5.77. The number of pyridine rings is 1. The summed E-state index contributed by atoms with van der Waals surface area (Å²) in [4.78, 5) is 22.6. The zero-order chi connectivity index (χ0) is 16.4. The molecule has 2 fully saturated rings. The first kappa shape index (κ1) is 15.3. The maximum atomic E-state index is 12.2. The highest BCUT2D eigenvalue weighted by Crippen LogP contribution is 2.38. The lowest BCUT2D eigenvalue weighted by Gasteiger charge is -2.39. The Kier molecular flexibility index (Phi) is 4.02. The van der Waals surface area contributed by atoms with Crippen molar-refractivity contribution in [2.24, 2.45) is 5.41 Å². The van der Waals surface area contributed by atoms with Gasteiger partial charge in [-0.15, -0.1) is 0 Å². The van der Waals surface area contributed by atoms with Gasteiger partial charge in [-0.2, -0.15) is 4.98 Å². The van der Waals surface area contributed by atoms with Crippen LogP contribution in [0.25, 0.3) is 11.4 Å². The summed E-state index contributed by atoms with van der Waals surface area (Å²) in [6.45, 7) is 2.95. The van der Waals surface area contributed by atoms with Crippen molar-refractivity contribution in [1.29, 1.82) is 0 Å². The Bertz CT molecular complexity index is 710. The molecule has 0 saturated carbocycles. The molecule has 7 nitrogen and oxygen atoms in total. The molecular formula is C17H20N4O3. The van der Waals surface area contributed by atoms with Crippen LogP contribution in [-0.4, -0.2) is 52.2 Å². The largest absolute Gasteiger partial charge is 0.381 e. The molecule has 0 radical (unpaired) electrons. The van der Waals surface area contributed by atoms with Crippen LogP contribution in [0.4, 0.5) is 0 Å². The van der Waals surface area contributed by atoms with Gasteiger partial charge < -0.3 is 14.2 Å². The summed E-state index contributed by atoms with van der Waals surface area (Å²) < 4.78 is 10.9. The van der Waals surface area contributed by atoms with Crippen LogP contribution in [0.2, 0.25) is 0 Å². The molecule has 1 amide bonds. The average Bonchev–Trinajstić information content (AvgIpc) is 3.27. The number of likely N-dealkylation sites (tertiary alicyclic amines) is 1. The second-order valence-electron chi connectivity index (χ2n) is 6.62. The topological polar surface area (TPSA) is 81.4 Å². The van der Waals surface area contributed by atoms with Crippen LogP contribution >= 0.6 is 0 Å². The summed E-state index contributed by atoms with van der Waals surface area (Å²) in [5, 5.41) is 3.99. The number of ether oxygens (including phenoxy) is 1. The zero-order valence-electron chi connectivity index (χ0n) is 13.5. The molecule has 1 atom stereocenters. The van der Waals surface area contributed by atoms with Crippen molar-refractivity contribution in [2.75, 3.05) is 26.3 Å². The van der Waals surface area contributed by atoms with Gasteiger partial charge in [0, 0.05) is 55.9 Å². The van der Waals surface area contributed by atoms with Gasteiger partial charge in [0.2, 0.25) is 17.6 Å². The lowest BCUT2D eigenvalue weighted by atomic mass is 9.79. The van der Waals surface area contributed by atoms with Gasteiger partial charge in [-0.1, -0.05) is 5.16 Å². The van der Waals surface area contributed by atoms with Gasteiger partial charge in [-0.25, -0.2) is 0 Å². The van der Waals surface area contributed by atoms with E-state index in [-0.39, 0.29) is 11.3 Å². The molecule has 0 aliphatic carbocycles. The lowest BCUT2D eigenvalue weighted by Crippen LogP contribution is -2.47. The molecule has 2 saturated heterocycles. The zero-order valence-corrected chi connectivity index (χ0v) is 13.5. The first-order valence-corrected chi connectivity index (χ1v) is 8.33. The third-order valence-electron chi connectivity index (χ3n) is 4.92. The minimum absolute atomic E-state index is 0.156. The Balaban J connectivity index is 1.39. The molecule has 0 unspecified atom stereocenters. The van der Waals surface area contributed by atoms with Gasteiger partial charge in [-0.3, -0.25) is 9.78 Å². The summed E-state index contributed by atoms with van der Waals surface area (Å²) in [6, 6.07) is 3.72. The van der Waals surface area contributed by atoms with Crippen molar-refractivity contribution in [1.82, 2.24) is 20.0 Å². The number of hydrogen-bond acceptors (Lipinski definition) is 6. The van der Waals surface area contributed by atoms with Gasteiger partial charge in [0.05, 0.1) is 6.61 Å². The predicted octanol–water partition coefficient (Wildman–Crippen LogP) is 1.70. The SMILES string of the molecule is O=C1CC[C@@]2(CCOC2)CN1CCc1nc(-c2cccnc2)no1.